The van der Waals surface area contributed by atoms with E-state index in [2.05, 4.69) is 19.2 Å². The zero-order valence-corrected chi connectivity index (χ0v) is 13.4. The molecule has 0 atom stereocenters. The molecule has 1 aliphatic rings. The van der Waals surface area contributed by atoms with Crippen molar-refractivity contribution in [2.24, 2.45) is 0 Å². The molecule has 3 heteroatoms. The molecule has 1 aliphatic carbocycles. The van der Waals surface area contributed by atoms with Crippen molar-refractivity contribution in [3.8, 4) is 6.07 Å². The Bertz CT molecular complexity index is 572. The van der Waals surface area contributed by atoms with Crippen LogP contribution in [0.1, 0.15) is 63.0 Å². The van der Waals surface area contributed by atoms with Crippen LogP contribution in [0.2, 0.25) is 0 Å². The minimum absolute atomic E-state index is 0.183. The molecule has 1 fully saturated rings. The molecular formula is C19H24N2O. The fourth-order valence-electron chi connectivity index (χ4n) is 2.80. The lowest BCUT2D eigenvalue weighted by atomic mass is 9.95. The van der Waals surface area contributed by atoms with Crippen molar-refractivity contribution in [3.05, 3.63) is 41.0 Å². The molecule has 0 bridgehead atoms. The van der Waals surface area contributed by atoms with Gasteiger partial charge < -0.3 is 5.32 Å². The lowest BCUT2D eigenvalue weighted by Gasteiger charge is -2.22. The molecule has 0 unspecified atom stereocenters. The number of carbonyl (C=O) groups excluding carboxylic acids is 1. The van der Waals surface area contributed by atoms with Gasteiger partial charge in [0.05, 0.1) is 0 Å². The summed E-state index contributed by atoms with van der Waals surface area (Å²) in [6.45, 7) is 4.28. The molecule has 22 heavy (non-hydrogen) atoms. The Hall–Kier alpha value is -2.08. The second kappa shape index (κ2) is 7.79. The molecule has 0 aliphatic heterocycles. The Labute approximate surface area is 133 Å². The number of nitriles is 1. The zero-order valence-electron chi connectivity index (χ0n) is 13.4. The van der Waals surface area contributed by atoms with Crippen LogP contribution in [0.3, 0.4) is 0 Å². The van der Waals surface area contributed by atoms with E-state index < -0.39 is 0 Å². The third kappa shape index (κ3) is 4.46. The third-order valence-electron chi connectivity index (χ3n) is 4.22. The van der Waals surface area contributed by atoms with Gasteiger partial charge in [0, 0.05) is 6.04 Å². The van der Waals surface area contributed by atoms with Gasteiger partial charge in [-0.2, -0.15) is 5.26 Å². The summed E-state index contributed by atoms with van der Waals surface area (Å²) >= 11 is 0. The lowest BCUT2D eigenvalue weighted by molar-refractivity contribution is -0.117. The maximum atomic E-state index is 12.2. The van der Waals surface area contributed by atoms with E-state index in [-0.39, 0.29) is 17.5 Å². The summed E-state index contributed by atoms with van der Waals surface area (Å²) in [6.07, 6.45) is 7.28. The van der Waals surface area contributed by atoms with Gasteiger partial charge in [0.15, 0.2) is 0 Å². The van der Waals surface area contributed by atoms with Crippen LogP contribution < -0.4 is 5.32 Å². The number of benzene rings is 1. The first-order chi connectivity index (χ1) is 10.6. The number of nitrogens with one attached hydrogen (secondary N) is 1. The highest BCUT2D eigenvalue weighted by Crippen LogP contribution is 2.19. The third-order valence-corrected chi connectivity index (χ3v) is 4.22. The molecule has 1 saturated carbocycles. The average molecular weight is 296 g/mol. The van der Waals surface area contributed by atoms with Crippen LogP contribution in [0.5, 0.6) is 0 Å². The summed E-state index contributed by atoms with van der Waals surface area (Å²) < 4.78 is 0. The van der Waals surface area contributed by atoms with Gasteiger partial charge in [0.2, 0.25) is 0 Å². The summed E-state index contributed by atoms with van der Waals surface area (Å²) in [7, 11) is 0. The van der Waals surface area contributed by atoms with Crippen LogP contribution >= 0.6 is 0 Å². The molecule has 2 rings (SSSR count). The zero-order chi connectivity index (χ0) is 15.9. The Morgan fingerprint density at radius 2 is 1.86 bits per heavy atom. The normalized spacial score (nSPS) is 16.4. The Kier molecular flexibility index (Phi) is 5.77. The molecule has 0 heterocycles. The fourth-order valence-corrected chi connectivity index (χ4v) is 2.80. The smallest absolute Gasteiger partial charge is 0.262 e. The van der Waals surface area contributed by atoms with Crippen molar-refractivity contribution in [2.75, 3.05) is 0 Å². The van der Waals surface area contributed by atoms with Crippen LogP contribution in [0.15, 0.2) is 29.8 Å². The van der Waals surface area contributed by atoms with Gasteiger partial charge in [-0.25, -0.2) is 0 Å². The van der Waals surface area contributed by atoms with E-state index in [1.165, 1.54) is 12.0 Å². The second-order valence-corrected chi connectivity index (χ2v) is 6.30. The molecule has 1 aromatic carbocycles. The Balaban J connectivity index is 2.06. The predicted molar refractivity (Wildman–Crippen MR) is 89.1 cm³/mol. The van der Waals surface area contributed by atoms with E-state index in [0.717, 1.165) is 31.2 Å². The summed E-state index contributed by atoms with van der Waals surface area (Å²) in [4.78, 5) is 12.2. The van der Waals surface area contributed by atoms with Crippen LogP contribution in [-0.2, 0) is 4.79 Å². The maximum Gasteiger partial charge on any atom is 0.262 e. The Morgan fingerprint density at radius 1 is 1.23 bits per heavy atom. The summed E-state index contributed by atoms with van der Waals surface area (Å²) in [5.74, 6) is 0.227. The van der Waals surface area contributed by atoms with Crippen molar-refractivity contribution in [1.29, 1.82) is 5.26 Å². The van der Waals surface area contributed by atoms with Gasteiger partial charge in [-0.05, 0) is 36.0 Å². The molecule has 1 N–H and O–H groups in total. The number of amides is 1. The highest BCUT2D eigenvalue weighted by molar-refractivity contribution is 6.01. The monoisotopic (exact) mass is 296 g/mol. The van der Waals surface area contributed by atoms with Crippen molar-refractivity contribution < 1.29 is 4.79 Å². The van der Waals surface area contributed by atoms with Crippen LogP contribution in [0, 0.1) is 11.3 Å². The predicted octanol–water partition coefficient (Wildman–Crippen LogP) is 4.17. The van der Waals surface area contributed by atoms with E-state index >= 15 is 0 Å². The number of carbonyl (C=O) groups is 1. The first kappa shape index (κ1) is 16.3. The van der Waals surface area contributed by atoms with E-state index in [1.54, 1.807) is 6.08 Å². The summed E-state index contributed by atoms with van der Waals surface area (Å²) in [6, 6.07) is 10.3. The van der Waals surface area contributed by atoms with E-state index in [9.17, 15) is 10.1 Å². The highest BCUT2D eigenvalue weighted by atomic mass is 16.1. The quantitative estimate of drug-likeness (QED) is 0.670. The van der Waals surface area contributed by atoms with E-state index in [1.807, 2.05) is 30.3 Å². The Morgan fingerprint density at radius 3 is 2.41 bits per heavy atom. The largest absolute Gasteiger partial charge is 0.349 e. The van der Waals surface area contributed by atoms with Gasteiger partial charge in [-0.3, -0.25) is 4.79 Å². The first-order valence-corrected chi connectivity index (χ1v) is 8.12. The number of hydrogen-bond donors (Lipinski definition) is 1. The molecule has 0 radical (unpaired) electrons. The number of rotatable bonds is 4. The molecule has 116 valence electrons. The van der Waals surface area contributed by atoms with Crippen molar-refractivity contribution in [2.45, 2.75) is 57.9 Å². The molecule has 3 nitrogen and oxygen atoms in total. The van der Waals surface area contributed by atoms with Crippen molar-refractivity contribution in [3.63, 3.8) is 0 Å². The topological polar surface area (TPSA) is 52.9 Å². The molecule has 0 saturated heterocycles. The summed E-state index contributed by atoms with van der Waals surface area (Å²) in [5.41, 5.74) is 2.32. The van der Waals surface area contributed by atoms with Crippen molar-refractivity contribution in [1.82, 2.24) is 5.32 Å². The molecule has 1 aromatic rings. The average Bonchev–Trinajstić information content (AvgIpc) is 2.53. The molecule has 0 aromatic heterocycles. The summed E-state index contributed by atoms with van der Waals surface area (Å²) in [5, 5.41) is 12.2. The van der Waals surface area contributed by atoms with E-state index in [0.29, 0.717) is 5.92 Å². The maximum absolute atomic E-state index is 12.2. The van der Waals surface area contributed by atoms with Gasteiger partial charge in [0.1, 0.15) is 11.6 Å². The van der Waals surface area contributed by atoms with Gasteiger partial charge >= 0.3 is 0 Å². The lowest BCUT2D eigenvalue weighted by Crippen LogP contribution is -2.36. The fraction of sp³-hybridized carbons (Fsp3) is 0.474. The molecule has 0 spiro atoms. The molecule has 1 amide bonds. The standard InChI is InChI=1S/C19H24N2O/c1-14(2)16-10-8-15(9-11-16)12-17(13-20)19(22)21-18-6-4-3-5-7-18/h8-12,14,18H,3-7H2,1-2H3,(H,21,22). The number of hydrogen-bond acceptors (Lipinski definition) is 2. The highest BCUT2D eigenvalue weighted by Gasteiger charge is 2.18. The van der Waals surface area contributed by atoms with Gasteiger partial charge in [-0.15, -0.1) is 0 Å². The second-order valence-electron chi connectivity index (χ2n) is 6.30. The van der Waals surface area contributed by atoms with Crippen LogP contribution in [0.4, 0.5) is 0 Å². The van der Waals surface area contributed by atoms with Crippen LogP contribution in [0.25, 0.3) is 6.08 Å². The number of nitrogens with zero attached hydrogens (tertiary/aromatic N) is 1. The van der Waals surface area contributed by atoms with Gasteiger partial charge in [0.25, 0.3) is 5.91 Å². The minimum Gasteiger partial charge on any atom is -0.349 e. The SMILES string of the molecule is CC(C)c1ccc(C=C(C#N)C(=O)NC2CCCCC2)cc1. The minimum atomic E-state index is -0.248. The van der Waals surface area contributed by atoms with Gasteiger partial charge in [-0.1, -0.05) is 57.4 Å². The van der Waals surface area contributed by atoms with Crippen LogP contribution in [-0.4, -0.2) is 11.9 Å². The van der Waals surface area contributed by atoms with Crippen molar-refractivity contribution >= 4 is 12.0 Å². The molecular weight excluding hydrogens is 272 g/mol. The first-order valence-electron chi connectivity index (χ1n) is 8.12. The van der Waals surface area contributed by atoms with E-state index in [4.69, 9.17) is 0 Å².